The maximum atomic E-state index is 12.8. The summed E-state index contributed by atoms with van der Waals surface area (Å²) in [6.45, 7) is 5.70. The summed E-state index contributed by atoms with van der Waals surface area (Å²) in [6, 6.07) is 11.2. The Bertz CT molecular complexity index is 882. The first kappa shape index (κ1) is 17.7. The van der Waals surface area contributed by atoms with E-state index in [1.54, 1.807) is 11.0 Å². The van der Waals surface area contributed by atoms with E-state index in [-0.39, 0.29) is 12.6 Å². The number of carbonyl (C=O) groups is 1. The number of hydrogen-bond donors (Lipinski definition) is 2. The molecule has 1 atom stereocenters. The van der Waals surface area contributed by atoms with Crippen molar-refractivity contribution in [2.75, 3.05) is 31.6 Å². The predicted octanol–water partition coefficient (Wildman–Crippen LogP) is 3.20. The first-order valence-electron chi connectivity index (χ1n) is 9.21. The molecule has 0 aromatic heterocycles. The van der Waals surface area contributed by atoms with Crippen LogP contribution >= 0.6 is 0 Å². The number of fused-ring (bicyclic) bond motifs is 1. The number of hydrogen-bond acceptors (Lipinski definition) is 4. The topological polar surface area (TPSA) is 71.0 Å². The zero-order valence-corrected chi connectivity index (χ0v) is 15.6. The molecule has 2 amide bonds. The Labute approximate surface area is 158 Å². The maximum absolute atomic E-state index is 12.8. The third-order valence-corrected chi connectivity index (χ3v) is 5.31. The van der Waals surface area contributed by atoms with Crippen molar-refractivity contribution in [2.24, 2.45) is 0 Å². The van der Waals surface area contributed by atoms with Crippen molar-refractivity contribution < 1.29 is 19.4 Å². The summed E-state index contributed by atoms with van der Waals surface area (Å²) in [6.07, 6.45) is 0.519. The van der Waals surface area contributed by atoms with Crippen molar-refractivity contribution >= 4 is 11.7 Å². The third-order valence-electron chi connectivity index (χ3n) is 5.31. The monoisotopic (exact) mass is 368 g/mol. The van der Waals surface area contributed by atoms with Gasteiger partial charge in [-0.05, 0) is 43.0 Å². The molecule has 2 aromatic rings. The third kappa shape index (κ3) is 3.32. The number of amides is 2. The number of ether oxygens (including phenoxy) is 2. The minimum atomic E-state index is -1.01. The van der Waals surface area contributed by atoms with Gasteiger partial charge in [0.15, 0.2) is 11.5 Å². The van der Waals surface area contributed by atoms with Crippen LogP contribution in [-0.2, 0) is 5.60 Å². The van der Waals surface area contributed by atoms with Gasteiger partial charge >= 0.3 is 6.03 Å². The van der Waals surface area contributed by atoms with E-state index in [9.17, 15) is 9.90 Å². The van der Waals surface area contributed by atoms with E-state index in [0.717, 1.165) is 16.7 Å². The zero-order chi connectivity index (χ0) is 19.0. The molecule has 2 aliphatic heterocycles. The lowest BCUT2D eigenvalue weighted by molar-refractivity contribution is 0.0494. The van der Waals surface area contributed by atoms with Gasteiger partial charge in [0.25, 0.3) is 0 Å². The molecule has 0 bridgehead atoms. The Hall–Kier alpha value is -2.73. The van der Waals surface area contributed by atoms with Crippen LogP contribution in [0.15, 0.2) is 36.4 Å². The summed E-state index contributed by atoms with van der Waals surface area (Å²) >= 11 is 0. The quantitative estimate of drug-likeness (QED) is 0.854. The number of anilines is 1. The number of rotatable bonds is 2. The molecule has 2 aliphatic rings. The van der Waals surface area contributed by atoms with Gasteiger partial charge in [-0.2, -0.15) is 0 Å². The fraction of sp³-hybridized carbons (Fsp3) is 0.381. The van der Waals surface area contributed by atoms with Crippen molar-refractivity contribution in [3.8, 4) is 11.5 Å². The van der Waals surface area contributed by atoms with Gasteiger partial charge < -0.3 is 24.8 Å². The number of β-amino-alcohol motifs (C(OH)–C–C–N with tert-alkyl or cyclic N) is 1. The van der Waals surface area contributed by atoms with Crippen LogP contribution in [0.4, 0.5) is 10.5 Å². The van der Waals surface area contributed by atoms with E-state index in [2.05, 4.69) is 5.32 Å². The summed E-state index contributed by atoms with van der Waals surface area (Å²) in [5, 5.41) is 14.0. The lowest BCUT2D eigenvalue weighted by Crippen LogP contribution is -2.37. The highest BCUT2D eigenvalue weighted by Gasteiger charge is 2.40. The van der Waals surface area contributed by atoms with Gasteiger partial charge in [0.05, 0.1) is 6.54 Å². The van der Waals surface area contributed by atoms with E-state index in [4.69, 9.17) is 9.47 Å². The summed E-state index contributed by atoms with van der Waals surface area (Å²) in [5.74, 6) is 1.34. The van der Waals surface area contributed by atoms with E-state index >= 15 is 0 Å². The first-order chi connectivity index (χ1) is 13.0. The second-order valence-corrected chi connectivity index (χ2v) is 7.26. The van der Waals surface area contributed by atoms with Crippen LogP contribution in [0, 0.1) is 13.8 Å². The fourth-order valence-electron chi connectivity index (χ4n) is 3.80. The zero-order valence-electron chi connectivity index (χ0n) is 15.6. The highest BCUT2D eigenvalue weighted by Crippen LogP contribution is 2.37. The molecule has 1 fully saturated rings. The Balaban J connectivity index is 1.49. The minimum absolute atomic E-state index is 0.223. The maximum Gasteiger partial charge on any atom is 0.321 e. The van der Waals surface area contributed by atoms with Crippen LogP contribution in [0.2, 0.25) is 0 Å². The molecule has 142 valence electrons. The molecule has 1 saturated heterocycles. The molecule has 2 aromatic carbocycles. The van der Waals surface area contributed by atoms with Gasteiger partial charge in [0, 0.05) is 18.3 Å². The number of likely N-dealkylation sites (tertiary alicyclic amines) is 1. The Morgan fingerprint density at radius 2 is 1.81 bits per heavy atom. The Morgan fingerprint density at radius 3 is 2.56 bits per heavy atom. The standard InChI is InChI=1S/C21H24N2O4/c1-14-5-3-4-6-16(14)21(25)7-8-23(13-21)20(24)22-17-12-19-18(11-15(17)2)26-9-10-27-19/h3-6,11-12,25H,7-10,13H2,1-2H3,(H,22,24). The Morgan fingerprint density at radius 1 is 1.11 bits per heavy atom. The van der Waals surface area contributed by atoms with E-state index in [0.29, 0.717) is 43.4 Å². The predicted molar refractivity (Wildman–Crippen MR) is 102 cm³/mol. The summed E-state index contributed by atoms with van der Waals surface area (Å²) < 4.78 is 11.2. The largest absolute Gasteiger partial charge is 0.486 e. The molecule has 1 unspecified atom stereocenters. The molecule has 2 N–H and O–H groups in total. The van der Waals surface area contributed by atoms with Crippen molar-refractivity contribution in [1.29, 1.82) is 0 Å². The van der Waals surface area contributed by atoms with E-state index in [1.165, 1.54) is 0 Å². The number of urea groups is 1. The van der Waals surface area contributed by atoms with Crippen molar-refractivity contribution in [1.82, 2.24) is 4.90 Å². The molecular weight excluding hydrogens is 344 g/mol. The van der Waals surface area contributed by atoms with Gasteiger partial charge in [-0.15, -0.1) is 0 Å². The molecule has 6 heteroatoms. The highest BCUT2D eigenvalue weighted by atomic mass is 16.6. The smallest absolute Gasteiger partial charge is 0.321 e. The van der Waals surface area contributed by atoms with E-state index < -0.39 is 5.60 Å². The van der Waals surface area contributed by atoms with Crippen molar-refractivity contribution in [2.45, 2.75) is 25.9 Å². The summed E-state index contributed by atoms with van der Waals surface area (Å²) in [7, 11) is 0. The van der Waals surface area contributed by atoms with Crippen LogP contribution < -0.4 is 14.8 Å². The molecule has 4 rings (SSSR count). The number of benzene rings is 2. The molecule has 6 nitrogen and oxygen atoms in total. The van der Waals surface area contributed by atoms with Crippen LogP contribution in [0.25, 0.3) is 0 Å². The van der Waals surface area contributed by atoms with E-state index in [1.807, 2.05) is 44.2 Å². The van der Waals surface area contributed by atoms with Gasteiger partial charge in [-0.25, -0.2) is 4.79 Å². The number of carbonyl (C=O) groups excluding carboxylic acids is 1. The average Bonchev–Trinajstić information content (AvgIpc) is 3.06. The van der Waals surface area contributed by atoms with Crippen LogP contribution in [0.5, 0.6) is 11.5 Å². The van der Waals surface area contributed by atoms with Crippen LogP contribution in [0.1, 0.15) is 23.1 Å². The fourth-order valence-corrected chi connectivity index (χ4v) is 3.80. The average molecular weight is 368 g/mol. The molecule has 0 saturated carbocycles. The molecule has 0 radical (unpaired) electrons. The SMILES string of the molecule is Cc1cc2c(cc1NC(=O)N1CCC(O)(c3ccccc3C)C1)OCCO2. The molecular formula is C21H24N2O4. The van der Waals surface area contributed by atoms with Gasteiger partial charge in [0.1, 0.15) is 18.8 Å². The Kier molecular flexibility index (Phi) is 4.44. The second-order valence-electron chi connectivity index (χ2n) is 7.26. The van der Waals surface area contributed by atoms with Crippen LogP contribution in [0.3, 0.4) is 0 Å². The summed E-state index contributed by atoms with van der Waals surface area (Å²) in [5.41, 5.74) is 2.50. The number of nitrogens with zero attached hydrogens (tertiary/aromatic N) is 1. The minimum Gasteiger partial charge on any atom is -0.486 e. The summed E-state index contributed by atoms with van der Waals surface area (Å²) in [4.78, 5) is 14.4. The second kappa shape index (κ2) is 6.78. The van der Waals surface area contributed by atoms with Gasteiger partial charge in [-0.3, -0.25) is 0 Å². The number of nitrogens with one attached hydrogen (secondary N) is 1. The van der Waals surface area contributed by atoms with Crippen molar-refractivity contribution in [3.63, 3.8) is 0 Å². The lowest BCUT2D eigenvalue weighted by Gasteiger charge is -2.26. The normalized spacial score (nSPS) is 21.2. The lowest BCUT2D eigenvalue weighted by atomic mass is 9.89. The van der Waals surface area contributed by atoms with Crippen LogP contribution in [-0.4, -0.2) is 42.3 Å². The van der Waals surface area contributed by atoms with Crippen molar-refractivity contribution in [3.05, 3.63) is 53.1 Å². The molecule has 2 heterocycles. The van der Waals surface area contributed by atoms with Gasteiger partial charge in [-0.1, -0.05) is 24.3 Å². The number of aliphatic hydroxyl groups is 1. The highest BCUT2D eigenvalue weighted by molar-refractivity contribution is 5.91. The molecule has 0 spiro atoms. The molecule has 0 aliphatic carbocycles. The first-order valence-corrected chi connectivity index (χ1v) is 9.21. The van der Waals surface area contributed by atoms with Gasteiger partial charge in [0.2, 0.25) is 0 Å². The number of aryl methyl sites for hydroxylation is 2. The molecule has 27 heavy (non-hydrogen) atoms.